The van der Waals surface area contributed by atoms with Gasteiger partial charge in [-0.05, 0) is 41.5 Å². The van der Waals surface area contributed by atoms with Gasteiger partial charge in [-0.3, -0.25) is 4.98 Å². The zero-order chi connectivity index (χ0) is 12.1. The highest BCUT2D eigenvalue weighted by molar-refractivity contribution is 7.12. The van der Waals surface area contributed by atoms with Gasteiger partial charge in [0.1, 0.15) is 0 Å². The average Bonchev–Trinajstić information content (AvgIpc) is 2.51. The fourth-order valence-electron chi connectivity index (χ4n) is 1.72. The Hall–Kier alpha value is -0.385. The summed E-state index contributed by atoms with van der Waals surface area (Å²) in [4.78, 5) is 5.67. The van der Waals surface area contributed by atoms with Gasteiger partial charge in [0.2, 0.25) is 0 Å². The third-order valence-electron chi connectivity index (χ3n) is 3.42. The maximum Gasteiger partial charge on any atom is 0.515 e. The molecule has 0 saturated carbocycles. The summed E-state index contributed by atoms with van der Waals surface area (Å²) < 4.78 is 11.9. The van der Waals surface area contributed by atoms with Crippen LogP contribution in [-0.4, -0.2) is 23.3 Å². The van der Waals surface area contributed by atoms with E-state index in [1.807, 2.05) is 6.92 Å². The molecule has 1 aromatic heterocycles. The first-order valence-electron chi connectivity index (χ1n) is 5.52. The van der Waals surface area contributed by atoms with Gasteiger partial charge in [0.25, 0.3) is 0 Å². The largest absolute Gasteiger partial charge is 0.515 e. The van der Waals surface area contributed by atoms with Crippen molar-refractivity contribution in [1.82, 2.24) is 4.98 Å². The Morgan fingerprint density at radius 3 is 1.94 bits per heavy atom. The lowest BCUT2D eigenvalue weighted by atomic mass is 9.84. The quantitative estimate of drug-likeness (QED) is 0.703. The van der Waals surface area contributed by atoms with Crippen molar-refractivity contribution in [3.63, 3.8) is 0 Å². The van der Waals surface area contributed by atoms with Crippen LogP contribution in [0, 0.1) is 13.8 Å². The minimum atomic E-state index is -0.324. The molecular weight excluding hydrogens is 221 g/mol. The molecule has 0 amide bonds. The maximum atomic E-state index is 5.97. The molecule has 0 atom stereocenters. The van der Waals surface area contributed by atoms with Gasteiger partial charge in [0.15, 0.2) is 0 Å². The van der Waals surface area contributed by atoms with Crippen molar-refractivity contribution in [2.45, 2.75) is 52.7 Å². The lowest BCUT2D eigenvalue weighted by molar-refractivity contribution is 0.00578. The van der Waals surface area contributed by atoms with Gasteiger partial charge in [-0.25, -0.2) is 0 Å². The Morgan fingerprint density at radius 2 is 1.56 bits per heavy atom. The zero-order valence-electron chi connectivity index (χ0n) is 10.7. The van der Waals surface area contributed by atoms with Gasteiger partial charge in [-0.15, -0.1) is 11.3 Å². The smallest absolute Gasteiger partial charge is 0.398 e. The second-order valence-electron chi connectivity index (χ2n) is 5.26. The summed E-state index contributed by atoms with van der Waals surface area (Å²) in [6.07, 6.45) is 0. The van der Waals surface area contributed by atoms with Crippen LogP contribution >= 0.6 is 11.3 Å². The fraction of sp³-hybridized carbons (Fsp3) is 0.727. The highest BCUT2D eigenvalue weighted by Crippen LogP contribution is 2.36. The molecule has 1 fully saturated rings. The van der Waals surface area contributed by atoms with Crippen LogP contribution in [0.25, 0.3) is 0 Å². The van der Waals surface area contributed by atoms with Crippen molar-refractivity contribution in [3.8, 4) is 0 Å². The molecule has 5 heteroatoms. The van der Waals surface area contributed by atoms with E-state index in [9.17, 15) is 0 Å². The molecule has 0 N–H and O–H groups in total. The van der Waals surface area contributed by atoms with Crippen molar-refractivity contribution in [2.75, 3.05) is 0 Å². The van der Waals surface area contributed by atoms with Gasteiger partial charge in [0.05, 0.1) is 21.8 Å². The summed E-state index contributed by atoms with van der Waals surface area (Å²) in [6, 6.07) is 0. The van der Waals surface area contributed by atoms with Crippen LogP contribution in [0.15, 0.2) is 0 Å². The molecule has 0 bridgehead atoms. The predicted octanol–water partition coefficient (Wildman–Crippen LogP) is 2.06. The van der Waals surface area contributed by atoms with E-state index in [-0.39, 0.29) is 18.3 Å². The minimum absolute atomic E-state index is 0.290. The highest BCUT2D eigenvalue weighted by atomic mass is 32.1. The lowest BCUT2D eigenvalue weighted by Gasteiger charge is -2.32. The summed E-state index contributed by atoms with van der Waals surface area (Å²) in [5, 5.41) is 1.06. The van der Waals surface area contributed by atoms with Crippen LogP contribution < -0.4 is 5.59 Å². The van der Waals surface area contributed by atoms with Crippen LogP contribution in [0.3, 0.4) is 0 Å². The number of rotatable bonds is 1. The van der Waals surface area contributed by atoms with E-state index in [1.165, 1.54) is 4.88 Å². The lowest BCUT2D eigenvalue weighted by Crippen LogP contribution is -2.41. The van der Waals surface area contributed by atoms with Crippen LogP contribution in [0.1, 0.15) is 37.6 Å². The van der Waals surface area contributed by atoms with Gasteiger partial charge < -0.3 is 9.31 Å². The molecule has 1 aliphatic heterocycles. The van der Waals surface area contributed by atoms with Gasteiger partial charge >= 0.3 is 7.12 Å². The summed E-state index contributed by atoms with van der Waals surface area (Å²) in [7, 11) is -0.324. The van der Waals surface area contributed by atoms with E-state index >= 15 is 0 Å². The highest BCUT2D eigenvalue weighted by Gasteiger charge is 2.53. The summed E-state index contributed by atoms with van der Waals surface area (Å²) in [5.41, 5.74) is 0.352. The third kappa shape index (κ3) is 1.81. The number of aryl methyl sites for hydroxylation is 2. The molecule has 3 nitrogen and oxygen atoms in total. The average molecular weight is 239 g/mol. The molecule has 2 heterocycles. The van der Waals surface area contributed by atoms with E-state index in [1.54, 1.807) is 11.3 Å². The van der Waals surface area contributed by atoms with Gasteiger partial charge in [-0.1, -0.05) is 0 Å². The third-order valence-corrected chi connectivity index (χ3v) is 4.32. The SMILES string of the molecule is Cc1nc(B2OC(C)(C)C(C)(C)O2)c(C)s1. The number of hydrogen-bond acceptors (Lipinski definition) is 4. The molecule has 0 aromatic carbocycles. The summed E-state index contributed by atoms with van der Waals surface area (Å²) >= 11 is 1.69. The first-order valence-corrected chi connectivity index (χ1v) is 6.34. The molecule has 0 spiro atoms. The Kier molecular flexibility index (Phi) is 2.68. The zero-order valence-corrected chi connectivity index (χ0v) is 11.6. The van der Waals surface area contributed by atoms with Crippen LogP contribution in [-0.2, 0) is 9.31 Å². The topological polar surface area (TPSA) is 31.4 Å². The maximum absolute atomic E-state index is 5.97. The first-order chi connectivity index (χ1) is 7.23. The predicted molar refractivity (Wildman–Crippen MR) is 67.3 cm³/mol. The van der Waals surface area contributed by atoms with E-state index in [2.05, 4.69) is 39.6 Å². The second-order valence-corrected chi connectivity index (χ2v) is 6.67. The first kappa shape index (κ1) is 12.1. The molecule has 88 valence electrons. The molecule has 1 saturated heterocycles. The second kappa shape index (κ2) is 3.55. The molecular formula is C11H18BNO2S. The molecule has 0 unspecified atom stereocenters. The van der Waals surface area contributed by atoms with E-state index in [0.29, 0.717) is 0 Å². The molecule has 0 aliphatic carbocycles. The van der Waals surface area contributed by atoms with E-state index in [0.717, 1.165) is 10.6 Å². The minimum Gasteiger partial charge on any atom is -0.398 e. The van der Waals surface area contributed by atoms with Crippen molar-refractivity contribution >= 4 is 24.0 Å². The molecule has 16 heavy (non-hydrogen) atoms. The van der Waals surface area contributed by atoms with Crippen molar-refractivity contribution in [1.29, 1.82) is 0 Å². The molecule has 2 rings (SSSR count). The normalized spacial score (nSPS) is 22.8. The Balaban J connectivity index is 2.30. The Morgan fingerprint density at radius 1 is 1.06 bits per heavy atom. The van der Waals surface area contributed by atoms with Crippen LogP contribution in [0.5, 0.6) is 0 Å². The van der Waals surface area contributed by atoms with Crippen LogP contribution in [0.4, 0.5) is 0 Å². The number of thiazole rings is 1. The summed E-state index contributed by atoms with van der Waals surface area (Å²) in [6.45, 7) is 12.3. The molecule has 0 radical (unpaired) electrons. The monoisotopic (exact) mass is 239 g/mol. The van der Waals surface area contributed by atoms with Gasteiger partial charge in [-0.2, -0.15) is 0 Å². The van der Waals surface area contributed by atoms with Gasteiger partial charge in [0, 0.05) is 4.88 Å². The Bertz CT molecular complexity index is 398. The van der Waals surface area contributed by atoms with Crippen molar-refractivity contribution in [3.05, 3.63) is 9.88 Å². The fourth-order valence-corrected chi connectivity index (χ4v) is 2.55. The van der Waals surface area contributed by atoms with E-state index < -0.39 is 0 Å². The van der Waals surface area contributed by atoms with Crippen molar-refractivity contribution < 1.29 is 9.31 Å². The van der Waals surface area contributed by atoms with Crippen molar-refractivity contribution in [2.24, 2.45) is 0 Å². The standard InChI is InChI=1S/C11H18BNO2S/c1-7-9(13-8(2)16-7)12-14-10(3,4)11(5,6)15-12/h1-6H3. The number of aromatic nitrogens is 1. The van der Waals surface area contributed by atoms with Crippen LogP contribution in [0.2, 0.25) is 0 Å². The number of hydrogen-bond donors (Lipinski definition) is 0. The molecule has 1 aliphatic rings. The van der Waals surface area contributed by atoms with E-state index in [4.69, 9.17) is 9.31 Å². The number of nitrogens with zero attached hydrogens (tertiary/aromatic N) is 1. The summed E-state index contributed by atoms with van der Waals surface area (Å²) in [5.74, 6) is 0. The molecule has 1 aromatic rings. The Labute approximate surface area is 101 Å².